The highest BCUT2D eigenvalue weighted by Gasteiger charge is 2.28. The summed E-state index contributed by atoms with van der Waals surface area (Å²) in [5, 5.41) is 8.99. The van der Waals surface area contributed by atoms with Gasteiger partial charge in [-0.05, 0) is 19.3 Å². The van der Waals surface area contributed by atoms with E-state index < -0.39 is 18.1 Å². The highest BCUT2D eigenvalue weighted by atomic mass is 16.4. The van der Waals surface area contributed by atoms with E-state index in [1.165, 1.54) is 11.9 Å². The number of aliphatic carboxylic acids is 1. The van der Waals surface area contributed by atoms with Crippen molar-refractivity contribution in [1.82, 2.24) is 4.90 Å². The van der Waals surface area contributed by atoms with Crippen molar-refractivity contribution in [3.05, 3.63) is 0 Å². The van der Waals surface area contributed by atoms with Crippen molar-refractivity contribution in [2.45, 2.75) is 39.3 Å². The minimum atomic E-state index is -0.986. The highest BCUT2D eigenvalue weighted by molar-refractivity contribution is 5.86. The van der Waals surface area contributed by atoms with Crippen LogP contribution in [0.2, 0.25) is 0 Å². The normalized spacial score (nSPS) is 14.8. The van der Waals surface area contributed by atoms with Gasteiger partial charge in [-0.15, -0.1) is 0 Å². The number of amides is 1. The predicted molar refractivity (Wildman–Crippen MR) is 57.3 cm³/mol. The van der Waals surface area contributed by atoms with Crippen molar-refractivity contribution in [2.24, 2.45) is 11.7 Å². The lowest BCUT2D eigenvalue weighted by atomic mass is 10.0. The molecule has 0 spiro atoms. The number of likely N-dealkylation sites (N-methyl/N-ethyl adjacent to an activating group) is 1. The van der Waals surface area contributed by atoms with Crippen molar-refractivity contribution in [1.29, 1.82) is 0 Å². The SMILES string of the molecule is CC(C)C[C@@H](C(=O)O)N(C)C(=O)[C@H](C)N. The molecule has 0 aliphatic heterocycles. The standard InChI is InChI=1S/C10H20N2O3/c1-6(2)5-8(10(14)15)12(4)9(13)7(3)11/h6-8H,5,11H2,1-4H3,(H,14,15)/t7-,8-/m0/s1. The van der Waals surface area contributed by atoms with E-state index in [2.05, 4.69) is 0 Å². The van der Waals surface area contributed by atoms with Crippen LogP contribution in [0.15, 0.2) is 0 Å². The Bertz CT molecular complexity index is 239. The smallest absolute Gasteiger partial charge is 0.326 e. The maximum Gasteiger partial charge on any atom is 0.326 e. The van der Waals surface area contributed by atoms with E-state index in [1.54, 1.807) is 6.92 Å². The summed E-state index contributed by atoms with van der Waals surface area (Å²) in [6.07, 6.45) is 0.435. The van der Waals surface area contributed by atoms with E-state index in [0.29, 0.717) is 6.42 Å². The van der Waals surface area contributed by atoms with Gasteiger partial charge in [-0.1, -0.05) is 13.8 Å². The van der Waals surface area contributed by atoms with E-state index in [0.717, 1.165) is 0 Å². The third kappa shape index (κ3) is 4.29. The Hall–Kier alpha value is -1.10. The second kappa shape index (κ2) is 5.70. The van der Waals surface area contributed by atoms with Crippen molar-refractivity contribution in [2.75, 3.05) is 7.05 Å². The first kappa shape index (κ1) is 13.9. The number of rotatable bonds is 5. The molecule has 0 rings (SSSR count). The fraction of sp³-hybridized carbons (Fsp3) is 0.800. The number of carboxylic acid groups (broad SMARTS) is 1. The molecule has 0 radical (unpaired) electrons. The van der Waals surface area contributed by atoms with Gasteiger partial charge in [-0.2, -0.15) is 0 Å². The van der Waals surface area contributed by atoms with Gasteiger partial charge in [0, 0.05) is 7.05 Å². The zero-order chi connectivity index (χ0) is 12.2. The molecular formula is C10H20N2O3. The molecule has 0 aromatic carbocycles. The van der Waals surface area contributed by atoms with Gasteiger partial charge in [0.05, 0.1) is 6.04 Å². The topological polar surface area (TPSA) is 83.6 Å². The summed E-state index contributed by atoms with van der Waals surface area (Å²) in [7, 11) is 1.48. The molecule has 0 fully saturated rings. The van der Waals surface area contributed by atoms with Crippen molar-refractivity contribution >= 4 is 11.9 Å². The van der Waals surface area contributed by atoms with Crippen molar-refractivity contribution in [3.8, 4) is 0 Å². The van der Waals surface area contributed by atoms with Crippen LogP contribution in [0, 0.1) is 5.92 Å². The average molecular weight is 216 g/mol. The fourth-order valence-corrected chi connectivity index (χ4v) is 1.35. The van der Waals surface area contributed by atoms with Gasteiger partial charge in [0.15, 0.2) is 0 Å². The molecule has 0 saturated heterocycles. The van der Waals surface area contributed by atoms with E-state index in [1.807, 2.05) is 13.8 Å². The molecule has 0 aliphatic carbocycles. The van der Waals surface area contributed by atoms with Crippen LogP contribution in [0.4, 0.5) is 0 Å². The van der Waals surface area contributed by atoms with Gasteiger partial charge in [0.1, 0.15) is 6.04 Å². The number of carbonyl (C=O) groups is 2. The molecule has 0 bridgehead atoms. The van der Waals surface area contributed by atoms with Crippen LogP contribution in [-0.2, 0) is 9.59 Å². The van der Waals surface area contributed by atoms with Crippen LogP contribution in [0.1, 0.15) is 27.2 Å². The molecule has 0 unspecified atom stereocenters. The zero-order valence-electron chi connectivity index (χ0n) is 9.73. The molecule has 0 aliphatic rings. The monoisotopic (exact) mass is 216 g/mol. The van der Waals surface area contributed by atoms with Crippen LogP contribution in [0.25, 0.3) is 0 Å². The zero-order valence-corrected chi connectivity index (χ0v) is 9.73. The van der Waals surface area contributed by atoms with Crippen LogP contribution in [0.3, 0.4) is 0 Å². The van der Waals surface area contributed by atoms with Gasteiger partial charge < -0.3 is 15.7 Å². The number of carboxylic acids is 1. The largest absolute Gasteiger partial charge is 0.480 e. The van der Waals surface area contributed by atoms with Gasteiger partial charge in [-0.25, -0.2) is 4.79 Å². The Balaban J connectivity index is 4.62. The third-order valence-corrected chi connectivity index (χ3v) is 2.18. The molecule has 2 atom stereocenters. The minimum Gasteiger partial charge on any atom is -0.480 e. The third-order valence-electron chi connectivity index (χ3n) is 2.18. The van der Waals surface area contributed by atoms with Crippen molar-refractivity contribution < 1.29 is 14.7 Å². The molecule has 5 heteroatoms. The second-order valence-electron chi connectivity index (χ2n) is 4.22. The lowest BCUT2D eigenvalue weighted by Crippen LogP contribution is -2.48. The number of hydrogen-bond donors (Lipinski definition) is 2. The first-order valence-corrected chi connectivity index (χ1v) is 5.02. The Morgan fingerprint density at radius 2 is 1.80 bits per heavy atom. The predicted octanol–water partition coefficient (Wildman–Crippen LogP) is 0.291. The molecule has 88 valence electrons. The summed E-state index contributed by atoms with van der Waals surface area (Å²) in [5.41, 5.74) is 5.42. The lowest BCUT2D eigenvalue weighted by molar-refractivity contribution is -0.150. The van der Waals surface area contributed by atoms with E-state index in [4.69, 9.17) is 10.8 Å². The molecule has 3 N–H and O–H groups in total. The molecule has 0 aromatic rings. The molecule has 1 amide bonds. The van der Waals surface area contributed by atoms with Crippen LogP contribution >= 0.6 is 0 Å². The minimum absolute atomic E-state index is 0.217. The summed E-state index contributed by atoms with van der Waals surface area (Å²) in [5.74, 6) is -1.11. The van der Waals surface area contributed by atoms with Crippen molar-refractivity contribution in [3.63, 3.8) is 0 Å². The maximum atomic E-state index is 11.5. The highest BCUT2D eigenvalue weighted by Crippen LogP contribution is 2.11. The molecule has 5 nitrogen and oxygen atoms in total. The first-order chi connectivity index (χ1) is 6.77. The second-order valence-corrected chi connectivity index (χ2v) is 4.22. The summed E-state index contributed by atoms with van der Waals surface area (Å²) >= 11 is 0. The molecule has 0 heterocycles. The molecule has 0 saturated carbocycles. The Morgan fingerprint density at radius 3 is 2.07 bits per heavy atom. The molecular weight excluding hydrogens is 196 g/mol. The van der Waals surface area contributed by atoms with Gasteiger partial charge >= 0.3 is 5.97 Å². The number of nitrogens with zero attached hydrogens (tertiary/aromatic N) is 1. The maximum absolute atomic E-state index is 11.5. The fourth-order valence-electron chi connectivity index (χ4n) is 1.35. The van der Waals surface area contributed by atoms with E-state index in [9.17, 15) is 9.59 Å². The first-order valence-electron chi connectivity index (χ1n) is 5.02. The molecule has 15 heavy (non-hydrogen) atoms. The quantitative estimate of drug-likeness (QED) is 0.692. The molecule has 0 aromatic heterocycles. The van der Waals surface area contributed by atoms with E-state index in [-0.39, 0.29) is 11.8 Å². The van der Waals surface area contributed by atoms with E-state index >= 15 is 0 Å². The van der Waals surface area contributed by atoms with Crippen LogP contribution < -0.4 is 5.73 Å². The number of nitrogens with two attached hydrogens (primary N) is 1. The Kier molecular flexibility index (Phi) is 5.28. The van der Waals surface area contributed by atoms with Crippen LogP contribution in [-0.4, -0.2) is 41.0 Å². The number of hydrogen-bond acceptors (Lipinski definition) is 3. The summed E-state index contributed by atoms with van der Waals surface area (Å²) in [6, 6.07) is -1.45. The summed E-state index contributed by atoms with van der Waals surface area (Å²) in [6.45, 7) is 5.38. The lowest BCUT2D eigenvalue weighted by Gasteiger charge is -2.27. The van der Waals surface area contributed by atoms with Gasteiger partial charge in [-0.3, -0.25) is 4.79 Å². The Labute approximate surface area is 90.2 Å². The van der Waals surface area contributed by atoms with Gasteiger partial charge in [0.2, 0.25) is 5.91 Å². The Morgan fingerprint density at radius 1 is 1.33 bits per heavy atom. The van der Waals surface area contributed by atoms with Crippen LogP contribution in [0.5, 0.6) is 0 Å². The number of carbonyl (C=O) groups excluding carboxylic acids is 1. The average Bonchev–Trinajstić information content (AvgIpc) is 2.10. The van der Waals surface area contributed by atoms with Gasteiger partial charge in [0.25, 0.3) is 0 Å². The summed E-state index contributed by atoms with van der Waals surface area (Å²) < 4.78 is 0. The summed E-state index contributed by atoms with van der Waals surface area (Å²) in [4.78, 5) is 23.7.